The highest BCUT2D eigenvalue weighted by atomic mass is 16.4. The molecule has 1 aromatic rings. The van der Waals surface area contributed by atoms with Crippen LogP contribution in [0.15, 0.2) is 18.2 Å². The summed E-state index contributed by atoms with van der Waals surface area (Å²) in [4.78, 5) is 24.6. The number of nitrogens with zero attached hydrogens (tertiary/aromatic N) is 1. The van der Waals surface area contributed by atoms with Crippen LogP contribution in [0.1, 0.15) is 22.3 Å². The molecule has 1 aliphatic rings. The Labute approximate surface area is 110 Å². The van der Waals surface area contributed by atoms with Crippen LogP contribution in [0, 0.1) is 6.92 Å². The number of aromatic hydroxyl groups is 1. The van der Waals surface area contributed by atoms with Crippen molar-refractivity contribution in [1.29, 1.82) is 0 Å². The summed E-state index contributed by atoms with van der Waals surface area (Å²) in [5, 5.41) is 18.9. The minimum atomic E-state index is -1.39. The van der Waals surface area contributed by atoms with Crippen molar-refractivity contribution in [2.75, 3.05) is 13.1 Å². The van der Waals surface area contributed by atoms with E-state index in [-0.39, 0.29) is 30.8 Å². The number of aliphatic carboxylic acids is 1. The summed E-state index contributed by atoms with van der Waals surface area (Å²) in [7, 11) is 0. The molecule has 0 aliphatic carbocycles. The summed E-state index contributed by atoms with van der Waals surface area (Å²) in [5.74, 6) is -1.58. The highest BCUT2D eigenvalue weighted by molar-refractivity contribution is 5.98. The summed E-state index contributed by atoms with van der Waals surface area (Å²) in [6.45, 7) is 1.92. The van der Waals surface area contributed by atoms with Gasteiger partial charge in [0.25, 0.3) is 5.91 Å². The molecule has 6 nitrogen and oxygen atoms in total. The number of amides is 1. The number of carboxylic acid groups (broad SMARTS) is 1. The number of hydrogen-bond donors (Lipinski definition) is 3. The van der Waals surface area contributed by atoms with Gasteiger partial charge in [-0.1, -0.05) is 12.1 Å². The largest absolute Gasteiger partial charge is 0.507 e. The van der Waals surface area contributed by atoms with Gasteiger partial charge < -0.3 is 20.8 Å². The number of carbonyl (C=O) groups is 2. The van der Waals surface area contributed by atoms with E-state index in [2.05, 4.69) is 0 Å². The first-order valence-corrected chi connectivity index (χ1v) is 5.95. The minimum absolute atomic E-state index is 0.0471. The SMILES string of the molecule is Cc1cccc(C(=O)N2CCC(N)(C(=O)O)C2)c1O. The molecule has 102 valence electrons. The third-order valence-corrected chi connectivity index (χ3v) is 3.48. The number of phenolic OH excluding ortho intramolecular Hbond substituents is 1. The molecule has 1 fully saturated rings. The number of likely N-dealkylation sites (tertiary alicyclic amines) is 1. The fraction of sp³-hybridized carbons (Fsp3) is 0.385. The second-order valence-corrected chi connectivity index (χ2v) is 4.91. The van der Waals surface area contributed by atoms with Gasteiger partial charge in [0, 0.05) is 13.1 Å². The molecule has 1 saturated heterocycles. The van der Waals surface area contributed by atoms with Crippen LogP contribution in [0.2, 0.25) is 0 Å². The topological polar surface area (TPSA) is 104 Å². The molecule has 0 radical (unpaired) electrons. The highest BCUT2D eigenvalue weighted by Gasteiger charge is 2.43. The van der Waals surface area contributed by atoms with Gasteiger partial charge in [0.05, 0.1) is 5.56 Å². The van der Waals surface area contributed by atoms with Crippen molar-refractivity contribution < 1.29 is 19.8 Å². The number of rotatable bonds is 2. The molecule has 1 unspecified atom stereocenters. The van der Waals surface area contributed by atoms with Gasteiger partial charge in [-0.3, -0.25) is 9.59 Å². The number of carbonyl (C=O) groups excluding carboxylic acids is 1. The van der Waals surface area contributed by atoms with Crippen molar-refractivity contribution in [1.82, 2.24) is 4.90 Å². The van der Waals surface area contributed by atoms with Gasteiger partial charge in [0.15, 0.2) is 0 Å². The molecule has 1 aromatic carbocycles. The molecule has 4 N–H and O–H groups in total. The van der Waals surface area contributed by atoms with Crippen LogP contribution in [0.3, 0.4) is 0 Å². The van der Waals surface area contributed by atoms with Gasteiger partial charge in [-0.15, -0.1) is 0 Å². The van der Waals surface area contributed by atoms with Crippen molar-refractivity contribution in [3.8, 4) is 5.75 Å². The first-order valence-electron chi connectivity index (χ1n) is 5.95. The molecule has 2 rings (SSSR count). The first-order chi connectivity index (χ1) is 8.85. The average molecular weight is 264 g/mol. The van der Waals surface area contributed by atoms with E-state index in [1.807, 2.05) is 0 Å². The predicted octanol–water partition coefficient (Wildman–Crippen LogP) is 0.329. The number of para-hydroxylation sites is 1. The Balaban J connectivity index is 2.23. The smallest absolute Gasteiger partial charge is 0.325 e. The quantitative estimate of drug-likeness (QED) is 0.714. The molecular weight excluding hydrogens is 248 g/mol. The van der Waals surface area contributed by atoms with Crippen LogP contribution in [0.4, 0.5) is 0 Å². The zero-order valence-electron chi connectivity index (χ0n) is 10.6. The third kappa shape index (κ3) is 2.26. The van der Waals surface area contributed by atoms with Crippen molar-refractivity contribution in [3.05, 3.63) is 29.3 Å². The standard InChI is InChI=1S/C13H16N2O4/c1-8-3-2-4-9(10(8)16)11(17)15-6-5-13(14,7-15)12(18)19/h2-4,16H,5-7,14H2,1H3,(H,18,19). The molecule has 0 saturated carbocycles. The van der Waals surface area contributed by atoms with Crippen LogP contribution >= 0.6 is 0 Å². The maximum absolute atomic E-state index is 12.2. The number of carboxylic acids is 1. The van der Waals surface area contributed by atoms with Crippen molar-refractivity contribution in [2.24, 2.45) is 5.73 Å². The summed E-state index contributed by atoms with van der Waals surface area (Å²) in [6.07, 6.45) is 0.209. The zero-order chi connectivity index (χ0) is 14.2. The fourth-order valence-electron chi connectivity index (χ4n) is 2.18. The van der Waals surface area contributed by atoms with E-state index in [4.69, 9.17) is 10.8 Å². The second kappa shape index (κ2) is 4.55. The lowest BCUT2D eigenvalue weighted by Gasteiger charge is -2.20. The van der Waals surface area contributed by atoms with Crippen LogP contribution < -0.4 is 5.73 Å². The lowest BCUT2D eigenvalue weighted by atomic mass is 10.0. The van der Waals surface area contributed by atoms with E-state index in [1.165, 1.54) is 11.0 Å². The Morgan fingerprint density at radius 2 is 2.11 bits per heavy atom. The highest BCUT2D eigenvalue weighted by Crippen LogP contribution is 2.26. The summed E-state index contributed by atoms with van der Waals surface area (Å²) in [6, 6.07) is 4.88. The number of hydrogen-bond acceptors (Lipinski definition) is 4. The molecule has 0 bridgehead atoms. The van der Waals surface area contributed by atoms with E-state index in [9.17, 15) is 14.7 Å². The van der Waals surface area contributed by atoms with Gasteiger partial charge in [-0.05, 0) is 25.0 Å². The Kier molecular flexibility index (Phi) is 3.20. The van der Waals surface area contributed by atoms with Crippen LogP contribution in [-0.2, 0) is 4.79 Å². The molecule has 0 spiro atoms. The number of aryl methyl sites for hydroxylation is 1. The lowest BCUT2D eigenvalue weighted by Crippen LogP contribution is -2.50. The predicted molar refractivity (Wildman–Crippen MR) is 67.9 cm³/mol. The molecule has 1 heterocycles. The molecule has 1 amide bonds. The van der Waals surface area contributed by atoms with E-state index in [0.717, 1.165) is 0 Å². The Morgan fingerprint density at radius 1 is 1.42 bits per heavy atom. The van der Waals surface area contributed by atoms with Gasteiger partial charge in [0.2, 0.25) is 0 Å². The second-order valence-electron chi connectivity index (χ2n) is 4.91. The van der Waals surface area contributed by atoms with Gasteiger partial charge in [0.1, 0.15) is 11.3 Å². The summed E-state index contributed by atoms with van der Waals surface area (Å²) in [5.41, 5.74) is 5.10. The maximum atomic E-state index is 12.2. The number of phenols is 1. The van der Waals surface area contributed by atoms with Crippen molar-refractivity contribution >= 4 is 11.9 Å². The van der Waals surface area contributed by atoms with Crippen LogP contribution in [0.25, 0.3) is 0 Å². The van der Waals surface area contributed by atoms with Crippen LogP contribution in [0.5, 0.6) is 5.75 Å². The van der Waals surface area contributed by atoms with Gasteiger partial charge in [-0.25, -0.2) is 0 Å². The van der Waals surface area contributed by atoms with Crippen molar-refractivity contribution in [3.63, 3.8) is 0 Å². The summed E-state index contributed by atoms with van der Waals surface area (Å²) < 4.78 is 0. The molecule has 1 atom stereocenters. The van der Waals surface area contributed by atoms with E-state index < -0.39 is 17.4 Å². The Morgan fingerprint density at radius 3 is 2.68 bits per heavy atom. The molecule has 0 aromatic heterocycles. The Bertz CT molecular complexity index is 543. The number of benzene rings is 1. The number of nitrogens with two attached hydrogens (primary N) is 1. The first kappa shape index (κ1) is 13.4. The molecule has 19 heavy (non-hydrogen) atoms. The van der Waals surface area contributed by atoms with Crippen molar-refractivity contribution in [2.45, 2.75) is 18.9 Å². The minimum Gasteiger partial charge on any atom is -0.507 e. The summed E-state index contributed by atoms with van der Waals surface area (Å²) >= 11 is 0. The Hall–Kier alpha value is -2.08. The average Bonchev–Trinajstić information content (AvgIpc) is 2.76. The van der Waals surface area contributed by atoms with Gasteiger partial charge >= 0.3 is 5.97 Å². The van der Waals surface area contributed by atoms with Crippen LogP contribution in [-0.4, -0.2) is 45.6 Å². The van der Waals surface area contributed by atoms with Gasteiger partial charge in [-0.2, -0.15) is 0 Å². The zero-order valence-corrected chi connectivity index (χ0v) is 10.6. The third-order valence-electron chi connectivity index (χ3n) is 3.48. The normalized spacial score (nSPS) is 22.5. The molecular formula is C13H16N2O4. The lowest BCUT2D eigenvalue weighted by molar-refractivity contribution is -0.142. The molecule has 6 heteroatoms. The maximum Gasteiger partial charge on any atom is 0.325 e. The fourth-order valence-corrected chi connectivity index (χ4v) is 2.18. The molecule has 1 aliphatic heterocycles. The monoisotopic (exact) mass is 264 g/mol. The van der Waals surface area contributed by atoms with E-state index in [1.54, 1.807) is 19.1 Å². The van der Waals surface area contributed by atoms with E-state index in [0.29, 0.717) is 5.56 Å². The van der Waals surface area contributed by atoms with E-state index >= 15 is 0 Å².